The predicted molar refractivity (Wildman–Crippen MR) is 159 cm³/mol. The molecule has 0 spiro atoms. The smallest absolute Gasteiger partial charge is 0.189 e. The average Bonchev–Trinajstić information content (AvgIpc) is 3.05. The molecule has 0 unspecified atom stereocenters. The molecule has 4 rings (SSSR count). The fourth-order valence-corrected chi connectivity index (χ4v) is 4.50. The van der Waals surface area contributed by atoms with Crippen LogP contribution in [0.4, 0.5) is 0 Å². The fourth-order valence-electron chi connectivity index (χ4n) is 4.50. The summed E-state index contributed by atoms with van der Waals surface area (Å²) in [5.74, 6) is -0.574. The van der Waals surface area contributed by atoms with Crippen molar-refractivity contribution < 1.29 is 34.0 Å². The lowest BCUT2D eigenvalue weighted by atomic mass is 9.99. The highest BCUT2D eigenvalue weighted by Crippen LogP contribution is 2.22. The summed E-state index contributed by atoms with van der Waals surface area (Å²) < 4.78 is 24.6. The van der Waals surface area contributed by atoms with E-state index in [1.165, 1.54) is 0 Å². The van der Waals surface area contributed by atoms with Gasteiger partial charge in [0, 0.05) is 0 Å². The Bertz CT molecular complexity index is 1290. The van der Waals surface area contributed by atoms with Crippen LogP contribution in [0.15, 0.2) is 121 Å². The monoisotopic (exact) mass is 570 g/mol. The molecule has 4 aromatic carbocycles. The Morgan fingerprint density at radius 3 is 1.36 bits per heavy atom. The molecule has 2 N–H and O–H groups in total. The normalized spacial score (nSPS) is 14.1. The molecule has 0 aliphatic carbocycles. The first-order valence-corrected chi connectivity index (χ1v) is 14.0. The van der Waals surface area contributed by atoms with Crippen LogP contribution >= 0.6 is 0 Å². The third kappa shape index (κ3) is 9.99. The quantitative estimate of drug-likeness (QED) is 0.176. The van der Waals surface area contributed by atoms with E-state index in [0.29, 0.717) is 6.61 Å². The summed E-state index contributed by atoms with van der Waals surface area (Å²) in [5.41, 5.74) is 3.57. The molecule has 7 heteroatoms. The maximum Gasteiger partial charge on any atom is 0.189 e. The van der Waals surface area contributed by atoms with Gasteiger partial charge in [0.1, 0.15) is 31.0 Å². The third-order valence-corrected chi connectivity index (χ3v) is 6.72. The van der Waals surface area contributed by atoms with Crippen molar-refractivity contribution in [3.63, 3.8) is 0 Å². The second kappa shape index (κ2) is 17.3. The van der Waals surface area contributed by atoms with Crippen LogP contribution in [0.3, 0.4) is 0 Å². The van der Waals surface area contributed by atoms with Crippen LogP contribution in [0.1, 0.15) is 22.3 Å². The number of aliphatic hydroxyl groups excluding tert-OH is 2. The van der Waals surface area contributed by atoms with Crippen molar-refractivity contribution in [2.45, 2.75) is 50.8 Å². The fraction of sp³-hybridized carbons (Fsp3) is 0.286. The molecule has 0 radical (unpaired) electrons. The first-order chi connectivity index (χ1) is 20.6. The van der Waals surface area contributed by atoms with Crippen molar-refractivity contribution >= 4 is 5.78 Å². The Balaban J connectivity index is 1.59. The van der Waals surface area contributed by atoms with Gasteiger partial charge in [-0.2, -0.15) is 0 Å². The van der Waals surface area contributed by atoms with Crippen LogP contribution in [-0.2, 0) is 50.2 Å². The van der Waals surface area contributed by atoms with Gasteiger partial charge in [0.15, 0.2) is 5.78 Å². The van der Waals surface area contributed by atoms with Gasteiger partial charge in [-0.25, -0.2) is 0 Å². The summed E-state index contributed by atoms with van der Waals surface area (Å²) in [6.07, 6.45) is -4.48. The van der Waals surface area contributed by atoms with Gasteiger partial charge in [-0.3, -0.25) is 4.79 Å². The predicted octanol–water partition coefficient (Wildman–Crippen LogP) is 4.88. The van der Waals surface area contributed by atoms with Gasteiger partial charge in [0.2, 0.25) is 0 Å². The molecule has 0 heterocycles. The van der Waals surface area contributed by atoms with E-state index in [-0.39, 0.29) is 26.4 Å². The number of Topliss-reactive ketones (excluding diaryl/α,β-unsaturated/α-hetero) is 1. The molecule has 7 nitrogen and oxygen atoms in total. The molecular formula is C35H38O7. The molecule has 220 valence electrons. The van der Waals surface area contributed by atoms with E-state index >= 15 is 0 Å². The van der Waals surface area contributed by atoms with Gasteiger partial charge in [-0.15, -0.1) is 0 Å². The Labute approximate surface area is 247 Å². The summed E-state index contributed by atoms with van der Waals surface area (Å²) in [6.45, 7) is -0.130. The van der Waals surface area contributed by atoms with E-state index in [4.69, 9.17) is 18.9 Å². The van der Waals surface area contributed by atoms with Gasteiger partial charge in [0.25, 0.3) is 0 Å². The number of ketones is 1. The number of hydrogen-bond donors (Lipinski definition) is 2. The molecule has 42 heavy (non-hydrogen) atoms. The van der Waals surface area contributed by atoms with Crippen LogP contribution in [-0.4, -0.2) is 53.6 Å². The molecular weight excluding hydrogens is 532 g/mol. The minimum absolute atomic E-state index is 0.0712. The van der Waals surface area contributed by atoms with E-state index in [1.54, 1.807) is 0 Å². The number of carbonyl (C=O) groups is 1. The molecule has 0 bridgehead atoms. The first kappa shape index (κ1) is 31.3. The van der Waals surface area contributed by atoms with Crippen molar-refractivity contribution in [1.29, 1.82) is 0 Å². The van der Waals surface area contributed by atoms with Crippen LogP contribution in [0.25, 0.3) is 0 Å². The zero-order valence-corrected chi connectivity index (χ0v) is 23.5. The SMILES string of the molecule is O=C(CO)[C@@H](OCc1ccccc1)[C@@H](OCc1ccccc1)[C@H](OCc1ccccc1)[C@H](O)COCc1ccccc1. The lowest BCUT2D eigenvalue weighted by Gasteiger charge is -2.35. The maximum absolute atomic E-state index is 13.2. The number of benzene rings is 4. The molecule has 0 saturated carbocycles. The van der Waals surface area contributed by atoms with Crippen molar-refractivity contribution in [2.24, 2.45) is 0 Å². The molecule has 0 fully saturated rings. The van der Waals surface area contributed by atoms with E-state index in [9.17, 15) is 15.0 Å². The van der Waals surface area contributed by atoms with Gasteiger partial charge in [0.05, 0.1) is 33.0 Å². The molecule has 0 amide bonds. The second-order valence-corrected chi connectivity index (χ2v) is 9.93. The first-order valence-electron chi connectivity index (χ1n) is 14.0. The highest BCUT2D eigenvalue weighted by atomic mass is 16.6. The van der Waals surface area contributed by atoms with Crippen molar-refractivity contribution in [2.75, 3.05) is 13.2 Å². The standard InChI is InChI=1S/C35H38O7/c36-21-31(37)33(40-23-28-15-7-2-8-16-28)35(42-25-30-19-11-4-12-20-30)34(41-24-29-17-9-3-10-18-29)32(38)26-39-22-27-13-5-1-6-14-27/h1-20,32-36,38H,21-26H2/t32-,33-,34-,35-/m1/s1. The van der Waals surface area contributed by atoms with Crippen LogP contribution in [0, 0.1) is 0 Å². The largest absolute Gasteiger partial charge is 0.388 e. The Hall–Kier alpha value is -3.69. The Morgan fingerprint density at radius 1 is 0.548 bits per heavy atom. The number of ether oxygens (including phenoxy) is 4. The minimum Gasteiger partial charge on any atom is -0.388 e. The van der Waals surface area contributed by atoms with Gasteiger partial charge < -0.3 is 29.2 Å². The van der Waals surface area contributed by atoms with Crippen LogP contribution in [0.5, 0.6) is 0 Å². The number of carbonyl (C=O) groups excluding carboxylic acids is 1. The third-order valence-electron chi connectivity index (χ3n) is 6.72. The molecule has 0 aromatic heterocycles. The minimum atomic E-state index is -1.22. The van der Waals surface area contributed by atoms with E-state index in [0.717, 1.165) is 22.3 Å². The lowest BCUT2D eigenvalue weighted by Crippen LogP contribution is -2.53. The summed E-state index contributed by atoms with van der Waals surface area (Å²) in [5, 5.41) is 21.4. The Morgan fingerprint density at radius 2 is 0.929 bits per heavy atom. The molecule has 0 aliphatic rings. The summed E-state index contributed by atoms with van der Waals surface area (Å²) in [7, 11) is 0. The number of hydrogen-bond acceptors (Lipinski definition) is 7. The van der Waals surface area contributed by atoms with Crippen molar-refractivity contribution in [1.82, 2.24) is 0 Å². The zero-order chi connectivity index (χ0) is 29.4. The molecule has 0 saturated heterocycles. The zero-order valence-electron chi connectivity index (χ0n) is 23.5. The lowest BCUT2D eigenvalue weighted by molar-refractivity contribution is -0.191. The van der Waals surface area contributed by atoms with Crippen LogP contribution < -0.4 is 0 Å². The topological polar surface area (TPSA) is 94.5 Å². The van der Waals surface area contributed by atoms with Crippen molar-refractivity contribution in [3.05, 3.63) is 144 Å². The second-order valence-electron chi connectivity index (χ2n) is 9.93. The number of aliphatic hydroxyl groups is 2. The van der Waals surface area contributed by atoms with Gasteiger partial charge in [-0.05, 0) is 22.3 Å². The molecule has 4 aromatic rings. The average molecular weight is 571 g/mol. The molecule has 4 atom stereocenters. The molecule has 0 aliphatic heterocycles. The van der Waals surface area contributed by atoms with Gasteiger partial charge >= 0.3 is 0 Å². The highest BCUT2D eigenvalue weighted by Gasteiger charge is 2.40. The summed E-state index contributed by atoms with van der Waals surface area (Å²) >= 11 is 0. The van der Waals surface area contributed by atoms with E-state index in [1.807, 2.05) is 121 Å². The van der Waals surface area contributed by atoms with E-state index < -0.39 is 36.8 Å². The van der Waals surface area contributed by atoms with Crippen molar-refractivity contribution in [3.8, 4) is 0 Å². The summed E-state index contributed by atoms with van der Waals surface area (Å²) in [4.78, 5) is 13.2. The maximum atomic E-state index is 13.2. The van der Waals surface area contributed by atoms with E-state index in [2.05, 4.69) is 0 Å². The number of rotatable bonds is 18. The summed E-state index contributed by atoms with van der Waals surface area (Å²) in [6, 6.07) is 38.1. The van der Waals surface area contributed by atoms with Crippen LogP contribution in [0.2, 0.25) is 0 Å². The highest BCUT2D eigenvalue weighted by molar-refractivity contribution is 5.84. The van der Waals surface area contributed by atoms with Gasteiger partial charge in [-0.1, -0.05) is 121 Å². The Kier molecular flexibility index (Phi) is 12.9.